The van der Waals surface area contributed by atoms with E-state index in [1.165, 1.54) is 18.5 Å². The molecule has 2 N–H and O–H groups in total. The molecule has 0 aromatic carbocycles. The van der Waals surface area contributed by atoms with Crippen LogP contribution in [0.15, 0.2) is 23.3 Å². The van der Waals surface area contributed by atoms with Crippen LogP contribution in [-0.4, -0.2) is 22.8 Å². The van der Waals surface area contributed by atoms with Gasteiger partial charge in [-0.05, 0) is 18.8 Å². The largest absolute Gasteiger partial charge is 0.367 e. The van der Waals surface area contributed by atoms with Crippen LogP contribution in [0.5, 0.6) is 0 Å². The van der Waals surface area contributed by atoms with E-state index in [0.717, 1.165) is 24.6 Å². The molecule has 1 rings (SSSR count). The van der Waals surface area contributed by atoms with Crippen molar-refractivity contribution in [2.45, 2.75) is 26.2 Å². The van der Waals surface area contributed by atoms with Crippen LogP contribution in [-0.2, 0) is 0 Å². The lowest BCUT2D eigenvalue weighted by atomic mass is 10.0. The SMILES string of the molecule is CCCC(CCBr)CNC(=O)c1c[nH]ccc1=O. The molecule has 0 aliphatic rings. The molecule has 5 heteroatoms. The number of carbonyl (C=O) groups is 1. The summed E-state index contributed by atoms with van der Waals surface area (Å²) in [6, 6.07) is 1.36. The smallest absolute Gasteiger partial charge is 0.256 e. The summed E-state index contributed by atoms with van der Waals surface area (Å²) in [5.41, 5.74) is -0.0784. The number of hydrogen-bond acceptors (Lipinski definition) is 2. The van der Waals surface area contributed by atoms with Crippen LogP contribution in [0.4, 0.5) is 0 Å². The molecular weight excluding hydrogens is 296 g/mol. The number of aromatic nitrogens is 1. The first kappa shape index (κ1) is 15.0. The quantitative estimate of drug-likeness (QED) is 0.759. The highest BCUT2D eigenvalue weighted by Gasteiger charge is 2.12. The van der Waals surface area contributed by atoms with Crippen LogP contribution in [0, 0.1) is 5.92 Å². The molecule has 1 amide bonds. The number of rotatable bonds is 7. The van der Waals surface area contributed by atoms with Gasteiger partial charge in [-0.3, -0.25) is 9.59 Å². The van der Waals surface area contributed by atoms with Gasteiger partial charge in [-0.2, -0.15) is 0 Å². The number of nitrogens with one attached hydrogen (secondary N) is 2. The first-order chi connectivity index (χ1) is 8.69. The summed E-state index contributed by atoms with van der Waals surface area (Å²) in [7, 11) is 0. The minimum atomic E-state index is -0.299. The second-order valence-corrected chi connectivity index (χ2v) is 5.06. The maximum Gasteiger partial charge on any atom is 0.256 e. The van der Waals surface area contributed by atoms with Gasteiger partial charge >= 0.3 is 0 Å². The Hall–Kier alpha value is -1.10. The zero-order valence-corrected chi connectivity index (χ0v) is 12.1. The summed E-state index contributed by atoms with van der Waals surface area (Å²) in [4.78, 5) is 26.1. The minimum absolute atomic E-state index is 0.173. The lowest BCUT2D eigenvalue weighted by molar-refractivity contribution is 0.0944. The lowest BCUT2D eigenvalue weighted by Gasteiger charge is -2.15. The van der Waals surface area contributed by atoms with Crippen molar-refractivity contribution in [2.75, 3.05) is 11.9 Å². The Balaban J connectivity index is 2.54. The van der Waals surface area contributed by atoms with Gasteiger partial charge in [-0.25, -0.2) is 0 Å². The van der Waals surface area contributed by atoms with Crippen LogP contribution in [0.1, 0.15) is 36.5 Å². The number of carbonyl (C=O) groups excluding carboxylic acids is 1. The Labute approximate surface area is 115 Å². The monoisotopic (exact) mass is 314 g/mol. The lowest BCUT2D eigenvalue weighted by Crippen LogP contribution is -2.32. The molecule has 1 aromatic heterocycles. The molecule has 18 heavy (non-hydrogen) atoms. The van der Waals surface area contributed by atoms with Crippen molar-refractivity contribution in [1.29, 1.82) is 0 Å². The van der Waals surface area contributed by atoms with Crippen LogP contribution in [0.3, 0.4) is 0 Å². The molecule has 0 saturated heterocycles. The van der Waals surface area contributed by atoms with Crippen LogP contribution in [0.2, 0.25) is 0 Å². The minimum Gasteiger partial charge on any atom is -0.367 e. The van der Waals surface area contributed by atoms with Gasteiger partial charge in [0.25, 0.3) is 5.91 Å². The van der Waals surface area contributed by atoms with Crippen molar-refractivity contribution < 1.29 is 4.79 Å². The van der Waals surface area contributed by atoms with Crippen molar-refractivity contribution in [3.63, 3.8) is 0 Å². The van der Waals surface area contributed by atoms with Gasteiger partial charge in [0, 0.05) is 30.3 Å². The van der Waals surface area contributed by atoms with E-state index in [2.05, 4.69) is 33.2 Å². The molecule has 0 aliphatic carbocycles. The molecular formula is C13H19BrN2O2. The third kappa shape index (κ3) is 4.64. The summed E-state index contributed by atoms with van der Waals surface area (Å²) in [6.45, 7) is 2.75. The number of aromatic amines is 1. The first-order valence-corrected chi connectivity index (χ1v) is 7.32. The highest BCUT2D eigenvalue weighted by Crippen LogP contribution is 2.11. The summed E-state index contributed by atoms with van der Waals surface area (Å²) in [6.07, 6.45) is 6.16. The third-order valence-electron chi connectivity index (χ3n) is 2.83. The second-order valence-electron chi connectivity index (χ2n) is 4.26. The van der Waals surface area contributed by atoms with E-state index in [-0.39, 0.29) is 16.9 Å². The van der Waals surface area contributed by atoms with E-state index >= 15 is 0 Å². The number of alkyl halides is 1. The fourth-order valence-corrected chi connectivity index (χ4v) is 2.48. The second kappa shape index (κ2) is 8.08. The zero-order valence-electron chi connectivity index (χ0n) is 10.5. The Morgan fingerprint density at radius 3 is 2.89 bits per heavy atom. The topological polar surface area (TPSA) is 62.0 Å². The fraction of sp³-hybridized carbons (Fsp3) is 0.538. The van der Waals surface area contributed by atoms with Crippen LogP contribution < -0.4 is 10.7 Å². The Morgan fingerprint density at radius 2 is 2.28 bits per heavy atom. The number of amides is 1. The van der Waals surface area contributed by atoms with Crippen LogP contribution in [0.25, 0.3) is 0 Å². The zero-order chi connectivity index (χ0) is 13.4. The standard InChI is InChI=1S/C13H19BrN2O2/c1-2-3-10(4-6-14)8-16-13(18)11-9-15-7-5-12(11)17/h5,7,9-10H,2-4,6,8H2,1H3,(H,15,17)(H,16,18). The first-order valence-electron chi connectivity index (χ1n) is 6.20. The average molecular weight is 315 g/mol. The van der Waals surface area contributed by atoms with Gasteiger partial charge in [0.05, 0.1) is 0 Å². The predicted octanol–water partition coefficient (Wildman–Crippen LogP) is 2.31. The Morgan fingerprint density at radius 1 is 1.50 bits per heavy atom. The number of H-pyrrole nitrogens is 1. The van der Waals surface area contributed by atoms with Crippen molar-refractivity contribution in [2.24, 2.45) is 5.92 Å². The fourth-order valence-electron chi connectivity index (χ4n) is 1.84. The van der Waals surface area contributed by atoms with Crippen molar-refractivity contribution in [1.82, 2.24) is 10.3 Å². The van der Waals surface area contributed by atoms with Crippen LogP contribution >= 0.6 is 15.9 Å². The van der Waals surface area contributed by atoms with E-state index in [0.29, 0.717) is 12.5 Å². The molecule has 100 valence electrons. The molecule has 1 heterocycles. The molecule has 1 atom stereocenters. The van der Waals surface area contributed by atoms with E-state index in [1.807, 2.05) is 0 Å². The predicted molar refractivity (Wildman–Crippen MR) is 76.2 cm³/mol. The summed E-state index contributed by atoms with van der Waals surface area (Å²) < 4.78 is 0. The maximum atomic E-state index is 11.8. The van der Waals surface area contributed by atoms with Gasteiger partial charge in [0.15, 0.2) is 5.43 Å². The van der Waals surface area contributed by atoms with Gasteiger partial charge in [-0.1, -0.05) is 29.3 Å². The van der Waals surface area contributed by atoms with E-state index in [1.54, 1.807) is 0 Å². The number of pyridine rings is 1. The van der Waals surface area contributed by atoms with Gasteiger partial charge in [0.2, 0.25) is 0 Å². The van der Waals surface area contributed by atoms with Crippen molar-refractivity contribution in [3.8, 4) is 0 Å². The molecule has 0 saturated carbocycles. The molecule has 4 nitrogen and oxygen atoms in total. The van der Waals surface area contributed by atoms with Crippen molar-refractivity contribution in [3.05, 3.63) is 34.2 Å². The van der Waals surface area contributed by atoms with Gasteiger partial charge in [-0.15, -0.1) is 0 Å². The molecule has 1 unspecified atom stereocenters. The summed E-state index contributed by atoms with van der Waals surface area (Å²) in [5, 5.41) is 3.76. The molecule has 0 spiro atoms. The third-order valence-corrected chi connectivity index (χ3v) is 3.29. The maximum absolute atomic E-state index is 11.8. The normalized spacial score (nSPS) is 12.1. The molecule has 0 bridgehead atoms. The van der Waals surface area contributed by atoms with E-state index < -0.39 is 0 Å². The number of halogens is 1. The molecule has 0 radical (unpaired) electrons. The Kier molecular flexibility index (Phi) is 6.72. The van der Waals surface area contributed by atoms with Crippen molar-refractivity contribution >= 4 is 21.8 Å². The summed E-state index contributed by atoms with van der Waals surface area (Å²) >= 11 is 3.42. The highest BCUT2D eigenvalue weighted by molar-refractivity contribution is 9.09. The van der Waals surface area contributed by atoms with Gasteiger partial charge in [0.1, 0.15) is 5.56 Å². The highest BCUT2D eigenvalue weighted by atomic mass is 79.9. The van der Waals surface area contributed by atoms with E-state index in [4.69, 9.17) is 0 Å². The average Bonchev–Trinajstić information content (AvgIpc) is 2.36. The Bertz CT molecular complexity index is 425. The molecule has 0 aliphatic heterocycles. The van der Waals surface area contributed by atoms with Gasteiger partial charge < -0.3 is 10.3 Å². The van der Waals surface area contributed by atoms with E-state index in [9.17, 15) is 9.59 Å². The molecule has 1 aromatic rings. The molecule has 0 fully saturated rings. The number of hydrogen-bond donors (Lipinski definition) is 2. The summed E-state index contributed by atoms with van der Waals surface area (Å²) in [5.74, 6) is 0.161.